The molecule has 0 fully saturated rings. The van der Waals surface area contributed by atoms with Gasteiger partial charge in [-0.2, -0.15) is 0 Å². The van der Waals surface area contributed by atoms with Crippen LogP contribution in [0.1, 0.15) is 34.6 Å². The molecule has 0 heterocycles. The van der Waals surface area contributed by atoms with E-state index in [-0.39, 0.29) is 0 Å². The van der Waals surface area contributed by atoms with Gasteiger partial charge in [0.2, 0.25) is 0 Å². The Morgan fingerprint density at radius 1 is 1.27 bits per heavy atom. The van der Waals surface area contributed by atoms with Crippen molar-refractivity contribution < 1.29 is 0 Å². The number of hydrogen-bond acceptors (Lipinski definition) is 1. The van der Waals surface area contributed by atoms with Crippen molar-refractivity contribution in [2.75, 3.05) is 13.1 Å². The molecule has 11 heavy (non-hydrogen) atoms. The monoisotopic (exact) mass is 156 g/mol. The van der Waals surface area contributed by atoms with Crippen molar-refractivity contribution >= 4 is 5.84 Å². The summed E-state index contributed by atoms with van der Waals surface area (Å²) in [4.78, 5) is 6.73. The van der Waals surface area contributed by atoms with Crippen LogP contribution >= 0.6 is 0 Å². The first kappa shape index (κ1) is 10.5. The minimum atomic E-state index is 0.413. The maximum atomic E-state index is 4.46. The van der Waals surface area contributed by atoms with Gasteiger partial charge in [0, 0.05) is 19.1 Å². The average molecular weight is 156 g/mol. The summed E-state index contributed by atoms with van der Waals surface area (Å²) in [7, 11) is 0. The summed E-state index contributed by atoms with van der Waals surface area (Å²) >= 11 is 0. The van der Waals surface area contributed by atoms with Gasteiger partial charge in [-0.1, -0.05) is 0 Å². The Kier molecular flexibility index (Phi) is 4.92. The predicted octanol–water partition coefficient (Wildman–Crippen LogP) is 2.16. The first-order valence-electron chi connectivity index (χ1n) is 4.41. The summed E-state index contributed by atoms with van der Waals surface area (Å²) in [6.07, 6.45) is 0. The maximum Gasteiger partial charge on any atom is 0.0960 e. The molecule has 0 spiro atoms. The molecule has 0 atom stereocenters. The fourth-order valence-corrected chi connectivity index (χ4v) is 1.14. The van der Waals surface area contributed by atoms with Gasteiger partial charge in [0.05, 0.1) is 5.84 Å². The molecule has 0 aromatic rings. The smallest absolute Gasteiger partial charge is 0.0960 e. The fourth-order valence-electron chi connectivity index (χ4n) is 1.14. The van der Waals surface area contributed by atoms with Crippen molar-refractivity contribution in [2.24, 2.45) is 4.99 Å². The van der Waals surface area contributed by atoms with Crippen molar-refractivity contribution in [2.45, 2.75) is 40.7 Å². The van der Waals surface area contributed by atoms with Gasteiger partial charge in [-0.3, -0.25) is 4.99 Å². The summed E-state index contributed by atoms with van der Waals surface area (Å²) < 4.78 is 0. The predicted molar refractivity (Wildman–Crippen MR) is 51.2 cm³/mol. The highest BCUT2D eigenvalue weighted by Crippen LogP contribution is 1.94. The summed E-state index contributed by atoms with van der Waals surface area (Å²) in [5.41, 5.74) is 0. The summed E-state index contributed by atoms with van der Waals surface area (Å²) in [6.45, 7) is 12.7. The van der Waals surface area contributed by atoms with Gasteiger partial charge in [-0.15, -0.1) is 0 Å². The van der Waals surface area contributed by atoms with Gasteiger partial charge in [0.1, 0.15) is 0 Å². The third-order valence-corrected chi connectivity index (χ3v) is 1.67. The zero-order valence-electron chi connectivity index (χ0n) is 8.39. The van der Waals surface area contributed by atoms with Crippen molar-refractivity contribution in [3.63, 3.8) is 0 Å². The SMILES string of the molecule is CCN(CC)/C(C)=N/C(C)C. The van der Waals surface area contributed by atoms with Crippen LogP contribution in [-0.2, 0) is 0 Å². The Bertz CT molecular complexity index is 124. The van der Waals surface area contributed by atoms with E-state index in [0.29, 0.717) is 6.04 Å². The number of amidine groups is 1. The Morgan fingerprint density at radius 3 is 2.00 bits per heavy atom. The van der Waals surface area contributed by atoms with Gasteiger partial charge in [0.25, 0.3) is 0 Å². The van der Waals surface area contributed by atoms with Crippen molar-refractivity contribution in [1.82, 2.24) is 4.90 Å². The van der Waals surface area contributed by atoms with E-state index in [4.69, 9.17) is 0 Å². The van der Waals surface area contributed by atoms with Crippen molar-refractivity contribution in [3.8, 4) is 0 Å². The normalized spacial score (nSPS) is 12.4. The Labute approximate surface area is 70.3 Å². The summed E-state index contributed by atoms with van der Waals surface area (Å²) in [6, 6.07) is 0.413. The minimum Gasteiger partial charge on any atom is -0.361 e. The van der Waals surface area contributed by atoms with Crippen molar-refractivity contribution in [1.29, 1.82) is 0 Å². The molecule has 2 nitrogen and oxygen atoms in total. The van der Waals surface area contributed by atoms with Crippen LogP contribution < -0.4 is 0 Å². The topological polar surface area (TPSA) is 15.6 Å². The van der Waals surface area contributed by atoms with Crippen LogP contribution in [0.25, 0.3) is 0 Å². The summed E-state index contributed by atoms with van der Waals surface area (Å²) in [5.74, 6) is 1.16. The van der Waals surface area contributed by atoms with E-state index in [1.54, 1.807) is 0 Å². The van der Waals surface area contributed by atoms with E-state index in [2.05, 4.69) is 44.5 Å². The zero-order valence-corrected chi connectivity index (χ0v) is 8.39. The Morgan fingerprint density at radius 2 is 1.73 bits per heavy atom. The molecule has 2 heteroatoms. The van der Waals surface area contributed by atoms with Crippen LogP contribution in [0.3, 0.4) is 0 Å². The molecule has 0 aliphatic rings. The standard InChI is InChI=1S/C9H20N2/c1-6-11(7-2)9(5)10-8(3)4/h8H,6-7H2,1-5H3/b10-9+. The molecule has 0 aliphatic heterocycles. The molecular weight excluding hydrogens is 136 g/mol. The number of nitrogens with zero attached hydrogens (tertiary/aromatic N) is 2. The maximum absolute atomic E-state index is 4.46. The molecule has 66 valence electrons. The second-order valence-electron chi connectivity index (χ2n) is 2.94. The second-order valence-corrected chi connectivity index (χ2v) is 2.94. The number of aliphatic imine (C=N–C) groups is 1. The second kappa shape index (κ2) is 5.16. The van der Waals surface area contributed by atoms with Crippen LogP contribution in [-0.4, -0.2) is 29.9 Å². The van der Waals surface area contributed by atoms with E-state index in [0.717, 1.165) is 18.9 Å². The highest BCUT2D eigenvalue weighted by molar-refractivity contribution is 5.79. The lowest BCUT2D eigenvalue weighted by molar-refractivity contribution is 0.458. The van der Waals surface area contributed by atoms with E-state index in [1.807, 2.05) is 0 Å². The molecular formula is C9H20N2. The Hall–Kier alpha value is -0.530. The number of rotatable bonds is 3. The molecule has 0 radical (unpaired) electrons. The molecule has 0 saturated carbocycles. The molecule has 0 unspecified atom stereocenters. The third-order valence-electron chi connectivity index (χ3n) is 1.67. The van der Waals surface area contributed by atoms with Crippen LogP contribution in [0.15, 0.2) is 4.99 Å². The molecule has 0 N–H and O–H groups in total. The summed E-state index contributed by atoms with van der Waals surface area (Å²) in [5, 5.41) is 0. The van der Waals surface area contributed by atoms with Gasteiger partial charge in [-0.05, 0) is 34.6 Å². The minimum absolute atomic E-state index is 0.413. The van der Waals surface area contributed by atoms with Gasteiger partial charge in [0.15, 0.2) is 0 Å². The Balaban J connectivity index is 4.07. The van der Waals surface area contributed by atoms with Gasteiger partial charge < -0.3 is 4.90 Å². The number of hydrogen-bond donors (Lipinski definition) is 0. The average Bonchev–Trinajstić information content (AvgIpc) is 1.88. The highest BCUT2D eigenvalue weighted by Gasteiger charge is 2.00. The van der Waals surface area contributed by atoms with E-state index >= 15 is 0 Å². The van der Waals surface area contributed by atoms with Crippen molar-refractivity contribution in [3.05, 3.63) is 0 Å². The molecule has 0 aromatic heterocycles. The fraction of sp³-hybridized carbons (Fsp3) is 0.889. The van der Waals surface area contributed by atoms with E-state index in [9.17, 15) is 0 Å². The van der Waals surface area contributed by atoms with Gasteiger partial charge in [-0.25, -0.2) is 0 Å². The highest BCUT2D eigenvalue weighted by atomic mass is 15.2. The first-order chi connectivity index (χ1) is 5.11. The van der Waals surface area contributed by atoms with Crippen LogP contribution in [0.5, 0.6) is 0 Å². The molecule has 0 aliphatic carbocycles. The quantitative estimate of drug-likeness (QED) is 0.451. The van der Waals surface area contributed by atoms with E-state index < -0.39 is 0 Å². The largest absolute Gasteiger partial charge is 0.361 e. The third kappa shape index (κ3) is 4.02. The first-order valence-corrected chi connectivity index (χ1v) is 4.41. The molecule has 0 amide bonds. The molecule has 0 saturated heterocycles. The lowest BCUT2D eigenvalue weighted by Crippen LogP contribution is -2.28. The van der Waals surface area contributed by atoms with Crippen LogP contribution in [0.4, 0.5) is 0 Å². The van der Waals surface area contributed by atoms with E-state index in [1.165, 1.54) is 0 Å². The lowest BCUT2D eigenvalue weighted by Gasteiger charge is -2.20. The molecule has 0 bridgehead atoms. The van der Waals surface area contributed by atoms with Crippen LogP contribution in [0.2, 0.25) is 0 Å². The zero-order chi connectivity index (χ0) is 8.85. The molecule has 0 aromatic carbocycles. The molecule has 0 rings (SSSR count). The lowest BCUT2D eigenvalue weighted by atomic mass is 10.4. The van der Waals surface area contributed by atoms with Gasteiger partial charge >= 0.3 is 0 Å². The van der Waals surface area contributed by atoms with Crippen LogP contribution in [0, 0.1) is 0 Å².